The van der Waals surface area contributed by atoms with E-state index in [0.29, 0.717) is 5.82 Å². The molecule has 0 aromatic carbocycles. The normalized spacial score (nSPS) is 14.1. The number of nitrogens with zero attached hydrogens (tertiary/aromatic N) is 2. The number of halogens is 1. The van der Waals surface area contributed by atoms with Crippen LogP contribution in [0.15, 0.2) is 30.5 Å². The van der Waals surface area contributed by atoms with Crippen LogP contribution in [0.25, 0.3) is 28.5 Å². The quantitative estimate of drug-likeness (QED) is 0.626. The Balaban J connectivity index is 1.91. The Labute approximate surface area is 107 Å². The second kappa shape index (κ2) is 3.68. The zero-order valence-corrected chi connectivity index (χ0v) is 9.87. The molecule has 4 rings (SSSR count). The van der Waals surface area contributed by atoms with Gasteiger partial charge in [0.1, 0.15) is 17.3 Å². The number of nitrogens with one attached hydrogen (secondary N) is 3. The predicted octanol–water partition coefficient (Wildman–Crippen LogP) is 2.69. The summed E-state index contributed by atoms with van der Waals surface area (Å²) in [6.45, 7) is 0.212. The van der Waals surface area contributed by atoms with E-state index in [2.05, 4.69) is 25.3 Å². The van der Waals surface area contributed by atoms with Crippen molar-refractivity contribution in [2.75, 3.05) is 11.9 Å². The number of hydrogen-bond acceptors (Lipinski definition) is 3. The highest BCUT2D eigenvalue weighted by atomic mass is 19.1. The molecular formula is C13H10FN5. The van der Waals surface area contributed by atoms with Crippen LogP contribution in [0.3, 0.4) is 0 Å². The van der Waals surface area contributed by atoms with Gasteiger partial charge in [-0.3, -0.25) is 0 Å². The summed E-state index contributed by atoms with van der Waals surface area (Å²) in [5, 5.41) is 3.92. The molecule has 0 radical (unpaired) electrons. The van der Waals surface area contributed by atoms with Crippen LogP contribution in [0.5, 0.6) is 0 Å². The lowest BCUT2D eigenvalue weighted by atomic mass is 10.1. The van der Waals surface area contributed by atoms with E-state index in [4.69, 9.17) is 0 Å². The summed E-state index contributed by atoms with van der Waals surface area (Å²) >= 11 is 0. The van der Waals surface area contributed by atoms with Crippen LogP contribution in [0.2, 0.25) is 0 Å². The highest BCUT2D eigenvalue weighted by molar-refractivity contribution is 5.84. The molecule has 0 unspecified atom stereocenters. The first-order valence-corrected chi connectivity index (χ1v) is 5.93. The van der Waals surface area contributed by atoms with E-state index >= 15 is 0 Å². The van der Waals surface area contributed by atoms with Gasteiger partial charge in [0.2, 0.25) is 0 Å². The number of H-pyrrole nitrogens is 2. The third-order valence-corrected chi connectivity index (χ3v) is 3.20. The van der Waals surface area contributed by atoms with Gasteiger partial charge in [0.05, 0.1) is 6.54 Å². The third-order valence-electron chi connectivity index (χ3n) is 3.20. The maximum Gasteiger partial charge on any atom is 0.163 e. The lowest BCUT2D eigenvalue weighted by Gasteiger charge is -2.10. The Hall–Kier alpha value is -2.63. The fraction of sp³-hybridized carbons (Fsp3) is 0.0769. The molecule has 0 bridgehead atoms. The van der Waals surface area contributed by atoms with E-state index in [9.17, 15) is 4.39 Å². The van der Waals surface area contributed by atoms with Gasteiger partial charge in [0.25, 0.3) is 0 Å². The zero-order valence-electron chi connectivity index (χ0n) is 9.87. The molecule has 0 amide bonds. The average Bonchev–Trinajstić information content (AvgIpc) is 3.03. The highest BCUT2D eigenvalue weighted by Gasteiger charge is 2.18. The molecule has 4 heterocycles. The van der Waals surface area contributed by atoms with Crippen molar-refractivity contribution in [3.63, 3.8) is 0 Å². The van der Waals surface area contributed by atoms with Crippen molar-refractivity contribution in [2.24, 2.45) is 0 Å². The molecule has 5 nitrogen and oxygen atoms in total. The lowest BCUT2D eigenvalue weighted by molar-refractivity contribution is 0.632. The van der Waals surface area contributed by atoms with Crippen LogP contribution in [-0.2, 0) is 0 Å². The number of aromatic nitrogens is 4. The van der Waals surface area contributed by atoms with Crippen molar-refractivity contribution in [3.05, 3.63) is 36.0 Å². The van der Waals surface area contributed by atoms with E-state index < -0.39 is 0 Å². The summed E-state index contributed by atoms with van der Waals surface area (Å²) in [6.07, 6.45) is 6.87. The largest absolute Gasteiger partial charge is 0.365 e. The van der Waals surface area contributed by atoms with Crippen molar-refractivity contribution >= 4 is 22.9 Å². The van der Waals surface area contributed by atoms with Crippen molar-refractivity contribution in [1.29, 1.82) is 0 Å². The van der Waals surface area contributed by atoms with E-state index in [-0.39, 0.29) is 12.4 Å². The molecule has 0 fully saturated rings. The van der Waals surface area contributed by atoms with Crippen LogP contribution in [0, 0.1) is 0 Å². The summed E-state index contributed by atoms with van der Waals surface area (Å²) < 4.78 is 13.4. The molecule has 0 aliphatic carbocycles. The van der Waals surface area contributed by atoms with Crippen LogP contribution in [-0.4, -0.2) is 26.5 Å². The number of rotatable bonds is 1. The fourth-order valence-electron chi connectivity index (χ4n) is 2.27. The van der Waals surface area contributed by atoms with Crippen LogP contribution >= 0.6 is 0 Å². The molecular weight excluding hydrogens is 245 g/mol. The number of aromatic amines is 2. The summed E-state index contributed by atoms with van der Waals surface area (Å²) in [4.78, 5) is 14.9. The molecule has 94 valence electrons. The van der Waals surface area contributed by atoms with Crippen LogP contribution in [0.1, 0.15) is 5.56 Å². The summed E-state index contributed by atoms with van der Waals surface area (Å²) in [6, 6.07) is 1.91. The second-order valence-corrected chi connectivity index (χ2v) is 4.41. The Kier molecular flexibility index (Phi) is 2.00. The maximum absolute atomic E-state index is 13.4. The topological polar surface area (TPSA) is 69.4 Å². The molecule has 0 spiro atoms. The molecule has 0 saturated heterocycles. The maximum atomic E-state index is 13.4. The molecule has 0 atom stereocenters. The number of hydrogen-bond donors (Lipinski definition) is 3. The molecule has 3 aromatic heterocycles. The van der Waals surface area contributed by atoms with E-state index in [1.54, 1.807) is 12.4 Å². The van der Waals surface area contributed by atoms with Gasteiger partial charge < -0.3 is 15.3 Å². The number of anilines is 1. The Morgan fingerprint density at radius 3 is 3.16 bits per heavy atom. The smallest absolute Gasteiger partial charge is 0.163 e. The van der Waals surface area contributed by atoms with Crippen molar-refractivity contribution in [3.8, 4) is 11.4 Å². The molecule has 1 aliphatic heterocycles. The second-order valence-electron chi connectivity index (χ2n) is 4.41. The van der Waals surface area contributed by atoms with Gasteiger partial charge in [-0.1, -0.05) is 0 Å². The Bertz CT molecular complexity index is 798. The molecule has 6 heteroatoms. The minimum absolute atomic E-state index is 0.200. The Morgan fingerprint density at radius 1 is 1.26 bits per heavy atom. The molecule has 0 saturated carbocycles. The summed E-state index contributed by atoms with van der Waals surface area (Å²) in [5.41, 5.74) is 2.32. The third kappa shape index (κ3) is 1.53. The van der Waals surface area contributed by atoms with E-state index in [1.165, 1.54) is 6.08 Å². The van der Waals surface area contributed by atoms with Gasteiger partial charge in [-0.05, 0) is 12.1 Å². The minimum Gasteiger partial charge on any atom is -0.365 e. The van der Waals surface area contributed by atoms with Gasteiger partial charge in [-0.15, -0.1) is 0 Å². The summed E-state index contributed by atoms with van der Waals surface area (Å²) in [5.74, 6) is 1.17. The molecule has 3 N–H and O–H groups in total. The monoisotopic (exact) mass is 255 g/mol. The number of fused-ring (bicyclic) bond motifs is 2. The average molecular weight is 255 g/mol. The van der Waals surface area contributed by atoms with Gasteiger partial charge in [0, 0.05) is 35.1 Å². The minimum atomic E-state index is -0.200. The molecule has 19 heavy (non-hydrogen) atoms. The zero-order chi connectivity index (χ0) is 12.8. The Morgan fingerprint density at radius 2 is 2.21 bits per heavy atom. The molecule has 3 aromatic rings. The predicted molar refractivity (Wildman–Crippen MR) is 71.3 cm³/mol. The van der Waals surface area contributed by atoms with Crippen molar-refractivity contribution < 1.29 is 4.39 Å². The first kappa shape index (κ1) is 10.3. The van der Waals surface area contributed by atoms with Gasteiger partial charge in [-0.2, -0.15) is 0 Å². The van der Waals surface area contributed by atoms with E-state index in [1.807, 2.05) is 12.3 Å². The van der Waals surface area contributed by atoms with Gasteiger partial charge >= 0.3 is 0 Å². The first-order valence-electron chi connectivity index (χ1n) is 5.93. The molecule has 1 aliphatic rings. The van der Waals surface area contributed by atoms with Crippen LogP contribution < -0.4 is 5.32 Å². The van der Waals surface area contributed by atoms with Gasteiger partial charge in [0.15, 0.2) is 5.82 Å². The first-order chi connectivity index (χ1) is 9.31. The van der Waals surface area contributed by atoms with Gasteiger partial charge in [-0.25, -0.2) is 14.4 Å². The fourth-order valence-corrected chi connectivity index (χ4v) is 2.27. The van der Waals surface area contributed by atoms with Crippen molar-refractivity contribution in [1.82, 2.24) is 19.9 Å². The van der Waals surface area contributed by atoms with E-state index in [0.717, 1.165) is 28.0 Å². The standard InChI is InChI=1S/C13H10FN5/c14-8-3-9-10(6-18-12(9)17-5-8)13-16-4-7-1-2-15-11(7)19-13/h1-4,6,17-18H,5H2,(H,15,16,19). The van der Waals surface area contributed by atoms with Crippen molar-refractivity contribution in [2.45, 2.75) is 0 Å². The lowest BCUT2D eigenvalue weighted by Crippen LogP contribution is -2.07. The summed E-state index contributed by atoms with van der Waals surface area (Å²) in [7, 11) is 0. The highest BCUT2D eigenvalue weighted by Crippen LogP contribution is 2.32. The van der Waals surface area contributed by atoms with Crippen LogP contribution in [0.4, 0.5) is 10.2 Å². The SMILES string of the molecule is FC1=Cc2c(-c3ncc4cc[nH]c4n3)c[nH]c2NC1.